The van der Waals surface area contributed by atoms with E-state index in [4.69, 9.17) is 0 Å². The van der Waals surface area contributed by atoms with E-state index in [0.717, 1.165) is 5.28 Å². The lowest BCUT2D eigenvalue weighted by Crippen LogP contribution is -1.66. The Balaban J connectivity index is 0. The van der Waals surface area contributed by atoms with Gasteiger partial charge in [-0.2, -0.15) is 0 Å². The summed E-state index contributed by atoms with van der Waals surface area (Å²) in [6, 6.07) is 0. The van der Waals surface area contributed by atoms with Crippen LogP contribution in [0, 0.1) is 0 Å². The third-order valence-corrected chi connectivity index (χ3v) is 1.46. The van der Waals surface area contributed by atoms with Crippen molar-refractivity contribution in [2.75, 3.05) is 0 Å². The standard InChI is InChI=1S/C6H14.C3H5.Al/c1-3-5-6-4-2;1-3-2;/h3-6H2,1-2H3;3H,1-2H2;. The molecular formula is C9H19Al. The van der Waals surface area contributed by atoms with Crippen LogP contribution >= 0.6 is 0 Å². The molecule has 0 aliphatic rings. The van der Waals surface area contributed by atoms with Gasteiger partial charge in [0.05, 0.1) is 0 Å². The summed E-state index contributed by atoms with van der Waals surface area (Å²) in [6.07, 6.45) is 7.37. The summed E-state index contributed by atoms with van der Waals surface area (Å²) in [4.78, 5) is 0. The second-order valence-electron chi connectivity index (χ2n) is 2.23. The highest BCUT2D eigenvalue weighted by Gasteiger charge is 1.75. The van der Waals surface area contributed by atoms with E-state index in [1.807, 2.05) is 6.08 Å². The van der Waals surface area contributed by atoms with Crippen LogP contribution in [-0.4, -0.2) is 16.3 Å². The molecule has 0 aliphatic heterocycles. The lowest BCUT2D eigenvalue weighted by Gasteiger charge is -1.86. The van der Waals surface area contributed by atoms with Gasteiger partial charge in [-0.1, -0.05) is 39.5 Å². The molecule has 0 atom stereocenters. The van der Waals surface area contributed by atoms with Crippen LogP contribution in [0.5, 0.6) is 0 Å². The fraction of sp³-hybridized carbons (Fsp3) is 0.778. The predicted molar refractivity (Wildman–Crippen MR) is 50.6 cm³/mol. The van der Waals surface area contributed by atoms with Gasteiger partial charge in [-0.05, 0) is 0 Å². The smallest absolute Gasteiger partial charge is 0.107 e. The Bertz CT molecular complexity index is 46.7. The van der Waals surface area contributed by atoms with Crippen molar-refractivity contribution in [1.29, 1.82) is 0 Å². The molecule has 0 fully saturated rings. The van der Waals surface area contributed by atoms with E-state index in [9.17, 15) is 0 Å². The number of allylic oxidation sites excluding steroid dienone is 1. The Kier molecular flexibility index (Phi) is 20.8. The molecule has 2 radical (unpaired) electrons. The Morgan fingerprint density at radius 3 is 1.60 bits per heavy atom. The maximum absolute atomic E-state index is 3.46. The third-order valence-electron chi connectivity index (χ3n) is 1.12. The third kappa shape index (κ3) is 24.0. The largest absolute Gasteiger partial charge is 0.124 e. The van der Waals surface area contributed by atoms with Gasteiger partial charge in [0.25, 0.3) is 0 Å². The van der Waals surface area contributed by atoms with Crippen LogP contribution in [0.1, 0.15) is 39.5 Å². The molecule has 0 N–H and O–H groups in total. The molecule has 0 aromatic carbocycles. The minimum atomic E-state index is 1.00. The van der Waals surface area contributed by atoms with Crippen LogP contribution in [0.2, 0.25) is 5.28 Å². The molecule has 0 aromatic heterocycles. The van der Waals surface area contributed by atoms with Gasteiger partial charge in [0, 0.05) is 0 Å². The SMILES string of the molecule is C=C[CH2][Al].CCCCCC. The highest BCUT2D eigenvalue weighted by molar-refractivity contribution is 6.09. The maximum atomic E-state index is 3.46. The first-order valence-corrected chi connectivity index (χ1v) is 4.96. The van der Waals surface area contributed by atoms with Crippen molar-refractivity contribution in [3.05, 3.63) is 12.7 Å². The van der Waals surface area contributed by atoms with E-state index >= 15 is 0 Å². The van der Waals surface area contributed by atoms with E-state index < -0.39 is 0 Å². The first kappa shape index (κ1) is 12.9. The second-order valence-corrected chi connectivity index (χ2v) is 2.70. The molecule has 0 rings (SSSR count). The Hall–Kier alpha value is 0.272. The molecule has 0 amide bonds. The first-order chi connectivity index (χ1) is 4.83. The van der Waals surface area contributed by atoms with E-state index in [0.29, 0.717) is 0 Å². The summed E-state index contributed by atoms with van der Waals surface area (Å²) in [5.41, 5.74) is 0. The molecular weight excluding hydrogens is 135 g/mol. The molecule has 0 saturated heterocycles. The number of hydrogen-bond acceptors (Lipinski definition) is 0. The van der Waals surface area contributed by atoms with Gasteiger partial charge in [-0.15, -0.1) is 17.9 Å². The van der Waals surface area contributed by atoms with Gasteiger partial charge in [-0.25, -0.2) is 0 Å². The maximum Gasteiger partial charge on any atom is 0.124 e. The molecule has 0 bridgehead atoms. The van der Waals surface area contributed by atoms with Gasteiger partial charge >= 0.3 is 0 Å². The monoisotopic (exact) mass is 154 g/mol. The van der Waals surface area contributed by atoms with E-state index in [1.54, 1.807) is 0 Å². The number of unbranched alkanes of at least 4 members (excludes halogenated alkanes) is 3. The molecule has 10 heavy (non-hydrogen) atoms. The van der Waals surface area contributed by atoms with Crippen LogP contribution in [0.4, 0.5) is 0 Å². The molecule has 0 heterocycles. The normalized spacial score (nSPS) is 7.80. The van der Waals surface area contributed by atoms with Crippen LogP contribution in [0.3, 0.4) is 0 Å². The van der Waals surface area contributed by atoms with Crippen molar-refractivity contribution in [1.82, 2.24) is 0 Å². The first-order valence-electron chi connectivity index (χ1n) is 4.14. The summed E-state index contributed by atoms with van der Waals surface area (Å²) < 4.78 is 0. The van der Waals surface area contributed by atoms with Crippen LogP contribution < -0.4 is 0 Å². The van der Waals surface area contributed by atoms with Gasteiger partial charge in [0.2, 0.25) is 0 Å². The van der Waals surface area contributed by atoms with Crippen molar-refractivity contribution in [3.8, 4) is 0 Å². The molecule has 0 unspecified atom stereocenters. The number of rotatable bonds is 4. The minimum absolute atomic E-state index is 1.00. The zero-order valence-corrected chi connectivity index (χ0v) is 8.55. The van der Waals surface area contributed by atoms with E-state index in [-0.39, 0.29) is 0 Å². The van der Waals surface area contributed by atoms with Crippen molar-refractivity contribution in [3.63, 3.8) is 0 Å². The zero-order chi connectivity index (χ0) is 8.24. The molecule has 0 saturated carbocycles. The lowest BCUT2D eigenvalue weighted by molar-refractivity contribution is 0.702. The summed E-state index contributed by atoms with van der Waals surface area (Å²) >= 11 is 2.54. The molecule has 0 nitrogen and oxygen atoms in total. The average Bonchev–Trinajstić information content (AvgIpc) is 2.01. The topological polar surface area (TPSA) is 0 Å². The molecule has 1 heteroatoms. The molecule has 0 aliphatic carbocycles. The quantitative estimate of drug-likeness (QED) is 0.331. The predicted octanol–water partition coefficient (Wildman–Crippen LogP) is 3.35. The van der Waals surface area contributed by atoms with Crippen LogP contribution in [0.15, 0.2) is 12.7 Å². The summed E-state index contributed by atoms with van der Waals surface area (Å²) in [6.45, 7) is 7.92. The highest BCUT2D eigenvalue weighted by atomic mass is 27.0. The molecule has 0 aromatic rings. The van der Waals surface area contributed by atoms with Crippen molar-refractivity contribution >= 4 is 16.3 Å². The minimum Gasteiger partial charge on any atom is -0.107 e. The summed E-state index contributed by atoms with van der Waals surface area (Å²) in [7, 11) is 0. The average molecular weight is 154 g/mol. The van der Waals surface area contributed by atoms with Gasteiger partial charge in [0.1, 0.15) is 16.3 Å². The van der Waals surface area contributed by atoms with Gasteiger partial charge in [-0.3, -0.25) is 0 Å². The fourth-order valence-electron chi connectivity index (χ4n) is 0.500. The lowest BCUT2D eigenvalue weighted by atomic mass is 10.2. The number of hydrogen-bond donors (Lipinski definition) is 0. The molecule has 58 valence electrons. The van der Waals surface area contributed by atoms with Crippen molar-refractivity contribution in [2.24, 2.45) is 0 Å². The Labute approximate surface area is 74.1 Å². The van der Waals surface area contributed by atoms with E-state index in [1.165, 1.54) is 25.7 Å². The highest BCUT2D eigenvalue weighted by Crippen LogP contribution is 1.95. The van der Waals surface area contributed by atoms with Gasteiger partial charge in [0.15, 0.2) is 0 Å². The van der Waals surface area contributed by atoms with E-state index in [2.05, 4.69) is 36.7 Å². The second kappa shape index (κ2) is 16.1. The van der Waals surface area contributed by atoms with Crippen LogP contribution in [0.25, 0.3) is 0 Å². The van der Waals surface area contributed by atoms with Gasteiger partial charge < -0.3 is 0 Å². The van der Waals surface area contributed by atoms with Crippen molar-refractivity contribution in [2.45, 2.75) is 44.8 Å². The van der Waals surface area contributed by atoms with Crippen LogP contribution in [-0.2, 0) is 0 Å². The summed E-state index contributed by atoms with van der Waals surface area (Å²) in [5.74, 6) is 0. The Morgan fingerprint density at radius 2 is 1.50 bits per heavy atom. The fourth-order valence-corrected chi connectivity index (χ4v) is 0.500. The summed E-state index contributed by atoms with van der Waals surface area (Å²) in [5, 5.41) is 1.00. The van der Waals surface area contributed by atoms with Crippen molar-refractivity contribution < 1.29 is 0 Å². The molecule has 0 spiro atoms. The Morgan fingerprint density at radius 1 is 1.20 bits per heavy atom. The zero-order valence-electron chi connectivity index (χ0n) is 7.40.